The van der Waals surface area contributed by atoms with Crippen LogP contribution in [-0.4, -0.2) is 111 Å². The van der Waals surface area contributed by atoms with Crippen LogP contribution < -0.4 is 4.90 Å². The smallest absolute Gasteiger partial charge is 0.333 e. The number of carbonyl (C=O) groups is 7. The lowest BCUT2D eigenvalue weighted by molar-refractivity contribution is -0.197. The van der Waals surface area contributed by atoms with E-state index in [1.165, 1.54) is 53.9 Å². The molecule has 0 saturated carbocycles. The minimum Gasteiger partial charge on any atom is -0.379 e. The number of fused-ring (bicyclic) bond motifs is 2. The topological polar surface area (TPSA) is 175 Å². The molecule has 3 heterocycles. The Morgan fingerprint density at radius 3 is 1.39 bits per heavy atom. The highest BCUT2D eigenvalue weighted by Gasteiger charge is 2.33. The van der Waals surface area contributed by atoms with Crippen LogP contribution in [0.3, 0.4) is 0 Å². The first kappa shape index (κ1) is 89.7. The molecule has 0 spiro atoms. The lowest BCUT2D eigenvalue weighted by Gasteiger charge is -2.26. The van der Waals surface area contributed by atoms with Crippen molar-refractivity contribution in [3.05, 3.63) is 113 Å². The Morgan fingerprint density at radius 1 is 0.459 bits per heavy atom. The Morgan fingerprint density at radius 2 is 0.908 bits per heavy atom. The van der Waals surface area contributed by atoms with Crippen LogP contribution in [0, 0.1) is 51.3 Å². The zero-order valence-electron chi connectivity index (χ0n) is 64.9. The average Bonchev–Trinajstić information content (AvgIpc) is 1.12. The molecule has 3 aromatic rings. The van der Waals surface area contributed by atoms with Gasteiger partial charge in [-0.1, -0.05) is 217 Å². The van der Waals surface area contributed by atoms with Crippen LogP contribution in [0.15, 0.2) is 84.9 Å². The number of nitrogens with zero attached hydrogens (tertiary/aromatic N) is 3. The van der Waals surface area contributed by atoms with Gasteiger partial charge in [0, 0.05) is 81.6 Å². The third kappa shape index (κ3) is 46.1. The van der Waals surface area contributed by atoms with Gasteiger partial charge in [0.15, 0.2) is 0 Å². The Kier molecular flexibility index (Phi) is 42.3. The van der Waals surface area contributed by atoms with Gasteiger partial charge in [-0.15, -0.1) is 5.06 Å². The standard InChI is InChI=1S/C26H29NO2.C14H23NO4.C13H20.C12H19NO4.C11H24O2.C7H16/c1-26(2,3)18-8-12-23(28)16-17-25(29)27-19-22-11-5-4-9-20(22)14-15-21-10-6-7-13-24(21)27;1-14(2,3)6-8-18-10-11-19-9-7-15-12(16)4-5-13(15)17;1-11-5-7-12(8-6-11)9-10-13(2,3)4;1-12(2,3)8-4-5-11(16)17-13-9(14)6-7-10(13)15;1-5-7-12-9-10-13-8-6-11(2,3)4;1-5-6-7(2,3)4/h4-7,9-11,13H,8,12,16-19H2,1-3H3;4-5H,6-11H2,1-3H3;5-8H,9-10H2,1-4H3;4-8H2,1-3H3;5-10H2,1-4H3;5-6H2,1-4H3. The summed E-state index contributed by atoms with van der Waals surface area (Å²) in [6, 6.07) is 24.5. The Labute approximate surface area is 594 Å². The first-order valence-electron chi connectivity index (χ1n) is 36.1. The lowest BCUT2D eigenvalue weighted by atomic mass is 9.88. The molecule has 5 amide bonds. The molecule has 3 aliphatic rings. The molecule has 0 aromatic heterocycles. The number of rotatable bonds is 28. The van der Waals surface area contributed by atoms with Gasteiger partial charge in [0.25, 0.3) is 23.6 Å². The minimum absolute atomic E-state index is 0.0277. The lowest BCUT2D eigenvalue weighted by Crippen LogP contribution is -2.33. The monoisotopic (exact) mass is 1360 g/mol. The van der Waals surface area contributed by atoms with Gasteiger partial charge in [-0.2, -0.15) is 0 Å². The molecule has 0 unspecified atom stereocenters. The molecular weight excluding hydrogens is 1230 g/mol. The summed E-state index contributed by atoms with van der Waals surface area (Å²) in [6.45, 7) is 52.2. The van der Waals surface area contributed by atoms with Gasteiger partial charge in [0.1, 0.15) is 5.78 Å². The Balaban J connectivity index is 0.000000617. The number of hydrogen-bond donors (Lipinski definition) is 0. The van der Waals surface area contributed by atoms with Crippen LogP contribution >= 0.6 is 0 Å². The highest BCUT2D eigenvalue weighted by Crippen LogP contribution is 2.29. The van der Waals surface area contributed by atoms with Gasteiger partial charge in [-0.25, -0.2) is 4.79 Å². The van der Waals surface area contributed by atoms with E-state index in [4.69, 9.17) is 23.8 Å². The van der Waals surface area contributed by atoms with Crippen molar-refractivity contribution < 1.29 is 57.3 Å². The SMILES string of the molecule is CC(C)(C)CCCC(=O)CCC(=O)N1Cc2ccccc2C#Cc2ccccc21.CC(C)(C)CCCC(=O)ON1C(=O)CCC1=O.CC(C)(C)CCOCCOCCN1C(=O)C=CC1=O.CCCC(C)(C)C.CCCOCCOCCC(C)(C)C.Cc1ccc(CCC(C)(C)C)cc1. The van der Waals surface area contributed by atoms with Crippen LogP contribution in [0.5, 0.6) is 0 Å². The molecule has 15 nitrogen and oxygen atoms in total. The largest absolute Gasteiger partial charge is 0.379 e. The van der Waals surface area contributed by atoms with Crippen LogP contribution in [-0.2, 0) is 70.3 Å². The number of Topliss-reactive ketones (excluding diaryl/α,β-unsaturated/α-hetero) is 1. The fourth-order valence-corrected chi connectivity index (χ4v) is 9.47. The highest BCUT2D eigenvalue weighted by molar-refractivity contribution is 6.12. The van der Waals surface area contributed by atoms with E-state index in [0.29, 0.717) is 73.5 Å². The third-order valence-corrected chi connectivity index (χ3v) is 15.4. The average molecular weight is 1360 g/mol. The number of amides is 5. The van der Waals surface area contributed by atoms with Crippen molar-refractivity contribution in [2.45, 2.75) is 261 Å². The van der Waals surface area contributed by atoms with Crippen molar-refractivity contribution in [1.29, 1.82) is 0 Å². The fourth-order valence-electron chi connectivity index (χ4n) is 9.47. The zero-order valence-corrected chi connectivity index (χ0v) is 64.9. The summed E-state index contributed by atoms with van der Waals surface area (Å²) in [5, 5.41) is 0.597. The number of para-hydroxylation sites is 1. The van der Waals surface area contributed by atoms with Gasteiger partial charge in [0.2, 0.25) is 5.91 Å². The normalized spacial score (nSPS) is 13.7. The molecule has 0 aliphatic carbocycles. The number of hydrogen-bond acceptors (Lipinski definition) is 12. The molecule has 3 aromatic carbocycles. The number of benzene rings is 3. The molecule has 0 atom stereocenters. The number of carbonyl (C=O) groups excluding carboxylic acids is 7. The molecular formula is C83H131N3O12. The summed E-state index contributed by atoms with van der Waals surface area (Å²) < 4.78 is 21.5. The predicted molar refractivity (Wildman–Crippen MR) is 399 cm³/mol. The zero-order chi connectivity index (χ0) is 74.2. The first-order valence-corrected chi connectivity index (χ1v) is 36.1. The van der Waals surface area contributed by atoms with E-state index in [9.17, 15) is 33.6 Å². The van der Waals surface area contributed by atoms with E-state index in [-0.39, 0.29) is 65.4 Å². The Bertz CT molecular complexity index is 2890. The number of ether oxygens (including phenoxy) is 4. The summed E-state index contributed by atoms with van der Waals surface area (Å²) in [5.41, 5.74) is 8.50. The summed E-state index contributed by atoms with van der Waals surface area (Å²) >= 11 is 0. The molecule has 0 bridgehead atoms. The summed E-state index contributed by atoms with van der Waals surface area (Å²) in [7, 11) is 0. The molecule has 1 fully saturated rings. The van der Waals surface area contributed by atoms with Crippen LogP contribution in [0.2, 0.25) is 0 Å². The van der Waals surface area contributed by atoms with E-state index < -0.39 is 17.8 Å². The van der Waals surface area contributed by atoms with Crippen molar-refractivity contribution in [3.63, 3.8) is 0 Å². The number of imide groups is 2. The van der Waals surface area contributed by atoms with Gasteiger partial charge >= 0.3 is 5.97 Å². The van der Waals surface area contributed by atoms with Crippen molar-refractivity contribution >= 4 is 47.0 Å². The Hall–Kier alpha value is -6.31. The molecule has 0 radical (unpaired) electrons. The van der Waals surface area contributed by atoms with Gasteiger partial charge in [-0.05, 0) is 133 Å². The molecule has 550 valence electrons. The van der Waals surface area contributed by atoms with Gasteiger partial charge in [-0.3, -0.25) is 33.7 Å². The number of aryl methyl sites for hydroxylation is 2. The second-order valence-electron chi connectivity index (χ2n) is 32.9. The molecule has 3 aliphatic heterocycles. The summed E-state index contributed by atoms with van der Waals surface area (Å²) in [4.78, 5) is 89.3. The number of anilines is 1. The first-order chi connectivity index (χ1) is 45.6. The third-order valence-electron chi connectivity index (χ3n) is 15.4. The highest BCUT2D eigenvalue weighted by atomic mass is 16.7. The summed E-state index contributed by atoms with van der Waals surface area (Å²) in [5.74, 6) is 4.65. The molecule has 98 heavy (non-hydrogen) atoms. The predicted octanol–water partition coefficient (Wildman–Crippen LogP) is 18.4. The van der Waals surface area contributed by atoms with Crippen LogP contribution in [0.1, 0.15) is 269 Å². The molecule has 1 saturated heterocycles. The van der Waals surface area contributed by atoms with Crippen LogP contribution in [0.25, 0.3) is 0 Å². The molecule has 15 heteroatoms. The van der Waals surface area contributed by atoms with E-state index in [1.54, 1.807) is 4.90 Å². The maximum atomic E-state index is 13.1. The second-order valence-corrected chi connectivity index (χ2v) is 32.9. The minimum atomic E-state index is -0.516. The van der Waals surface area contributed by atoms with E-state index >= 15 is 0 Å². The molecule has 6 rings (SSSR count). The van der Waals surface area contributed by atoms with Crippen molar-refractivity contribution in [2.75, 3.05) is 64.3 Å². The molecule has 0 N–H and O–H groups in total. The van der Waals surface area contributed by atoms with Crippen molar-refractivity contribution in [3.8, 4) is 11.8 Å². The summed E-state index contributed by atoms with van der Waals surface area (Å²) in [6.07, 6.45) is 15.9. The van der Waals surface area contributed by atoms with Gasteiger partial charge in [0.05, 0.1) is 51.8 Å². The van der Waals surface area contributed by atoms with E-state index in [1.807, 2.05) is 48.5 Å². The van der Waals surface area contributed by atoms with Crippen LogP contribution in [0.4, 0.5) is 5.69 Å². The van der Waals surface area contributed by atoms with Gasteiger partial charge < -0.3 is 28.7 Å². The maximum absolute atomic E-state index is 13.1. The number of hydroxylamine groups is 2. The van der Waals surface area contributed by atoms with E-state index in [2.05, 4.69) is 182 Å². The quantitative estimate of drug-likeness (QED) is 0.0383. The maximum Gasteiger partial charge on any atom is 0.333 e. The second kappa shape index (κ2) is 46.2. The van der Waals surface area contributed by atoms with Crippen molar-refractivity contribution in [1.82, 2.24) is 9.96 Å². The van der Waals surface area contributed by atoms with Crippen molar-refractivity contribution in [2.24, 2.45) is 32.5 Å². The van der Waals surface area contributed by atoms with E-state index in [0.717, 1.165) is 93.9 Å². The number of ketones is 1. The fraction of sp³-hybridized carbons (Fsp3) is 0.651.